The van der Waals surface area contributed by atoms with E-state index in [1.807, 2.05) is 47.9 Å². The molecule has 0 radical (unpaired) electrons. The van der Waals surface area contributed by atoms with Gasteiger partial charge in [-0.15, -0.1) is 11.3 Å². The highest BCUT2D eigenvalue weighted by molar-refractivity contribution is 7.26. The molecule has 7 heteroatoms. The molecular formula is C44H26N6S. The molecule has 0 aliphatic heterocycles. The van der Waals surface area contributed by atoms with Crippen LogP contribution in [0.4, 0.5) is 0 Å². The molecule has 51 heavy (non-hydrogen) atoms. The molecule has 0 aliphatic carbocycles. The van der Waals surface area contributed by atoms with E-state index in [0.717, 1.165) is 49.8 Å². The van der Waals surface area contributed by atoms with Crippen molar-refractivity contribution in [3.63, 3.8) is 0 Å². The van der Waals surface area contributed by atoms with Gasteiger partial charge in [0.1, 0.15) is 5.65 Å². The molecule has 6 nitrogen and oxygen atoms in total. The van der Waals surface area contributed by atoms with Gasteiger partial charge in [-0.05, 0) is 48.5 Å². The Hall–Kier alpha value is -6.70. The second-order valence-corrected chi connectivity index (χ2v) is 13.7. The smallest absolute Gasteiger partial charge is 0.238 e. The molecule has 0 fully saturated rings. The van der Waals surface area contributed by atoms with Crippen molar-refractivity contribution in [2.75, 3.05) is 0 Å². The van der Waals surface area contributed by atoms with Crippen molar-refractivity contribution in [3.8, 4) is 34.4 Å². The van der Waals surface area contributed by atoms with E-state index in [2.05, 4.69) is 130 Å². The Balaban J connectivity index is 1.23. The summed E-state index contributed by atoms with van der Waals surface area (Å²) in [5.74, 6) is 1.77. The summed E-state index contributed by atoms with van der Waals surface area (Å²) in [6.07, 6.45) is 1.85. The van der Waals surface area contributed by atoms with E-state index < -0.39 is 0 Å². The van der Waals surface area contributed by atoms with Crippen LogP contribution < -0.4 is 0 Å². The molecule has 0 atom stereocenters. The predicted octanol–water partition coefficient (Wildman–Crippen LogP) is 11.2. The molecule has 238 valence electrons. The lowest BCUT2D eigenvalue weighted by Gasteiger charge is -2.14. The average Bonchev–Trinajstić information content (AvgIpc) is 3.86. The van der Waals surface area contributed by atoms with Gasteiger partial charge >= 0.3 is 0 Å². The van der Waals surface area contributed by atoms with Gasteiger partial charge in [-0.3, -0.25) is 9.13 Å². The Kier molecular flexibility index (Phi) is 6.02. The highest BCUT2D eigenvalue weighted by atomic mass is 32.1. The summed E-state index contributed by atoms with van der Waals surface area (Å²) in [6.45, 7) is 0. The fourth-order valence-corrected chi connectivity index (χ4v) is 8.91. The number of aromatic nitrogens is 6. The third kappa shape index (κ3) is 4.16. The molecule has 6 aromatic carbocycles. The Morgan fingerprint density at radius 3 is 2.02 bits per heavy atom. The number of para-hydroxylation sites is 3. The van der Waals surface area contributed by atoms with Crippen molar-refractivity contribution < 1.29 is 0 Å². The Labute approximate surface area is 295 Å². The number of benzene rings is 6. The maximum atomic E-state index is 5.34. The maximum Gasteiger partial charge on any atom is 0.238 e. The van der Waals surface area contributed by atoms with Crippen molar-refractivity contribution in [1.29, 1.82) is 0 Å². The normalized spacial score (nSPS) is 11.9. The molecule has 0 spiro atoms. The van der Waals surface area contributed by atoms with Gasteiger partial charge in [-0.2, -0.15) is 9.97 Å². The Bertz CT molecular complexity index is 3100. The minimum absolute atomic E-state index is 0.570. The van der Waals surface area contributed by atoms with Crippen molar-refractivity contribution >= 4 is 75.3 Å². The molecule has 5 aromatic heterocycles. The van der Waals surface area contributed by atoms with Gasteiger partial charge in [0, 0.05) is 59.0 Å². The third-order valence-electron chi connectivity index (χ3n) is 9.86. The summed E-state index contributed by atoms with van der Waals surface area (Å²) in [7, 11) is 0. The summed E-state index contributed by atoms with van der Waals surface area (Å²) in [5, 5.41) is 7.17. The monoisotopic (exact) mass is 670 g/mol. The number of hydrogen-bond acceptors (Lipinski definition) is 5. The fraction of sp³-hybridized carbons (Fsp3) is 0. The van der Waals surface area contributed by atoms with Gasteiger partial charge in [-0.1, -0.05) is 103 Å². The first kappa shape index (κ1) is 28.2. The molecule has 11 rings (SSSR count). The largest absolute Gasteiger partial charge is 0.293 e. The predicted molar refractivity (Wildman–Crippen MR) is 210 cm³/mol. The van der Waals surface area contributed by atoms with Crippen LogP contribution in [0.1, 0.15) is 0 Å². The molecular weight excluding hydrogens is 645 g/mol. The number of hydrogen-bond donors (Lipinski definition) is 0. The molecule has 11 aromatic rings. The number of nitrogens with zero attached hydrogens (tertiary/aromatic N) is 6. The second kappa shape index (κ2) is 10.9. The number of thiophene rings is 1. The van der Waals surface area contributed by atoms with Gasteiger partial charge in [-0.25, -0.2) is 9.97 Å². The molecule has 0 aliphatic rings. The number of fused-ring (bicyclic) bond motifs is 10. The minimum Gasteiger partial charge on any atom is -0.293 e. The highest BCUT2D eigenvalue weighted by Gasteiger charge is 2.22. The van der Waals surface area contributed by atoms with Crippen LogP contribution in [0.3, 0.4) is 0 Å². The molecule has 0 amide bonds. The van der Waals surface area contributed by atoms with E-state index in [1.54, 1.807) is 0 Å². The standard InChI is InChI=1S/C44H26N6S/c1-2-13-27(14-3-1)41-46-42(33-18-6-10-22-36(33)49-34-20-8-4-15-28(34)31-19-12-26-45-43(31)49)48-44(47-41)50-35-21-9-5-17-32(35)39-37(50)25-24-30-29-16-7-11-23-38(29)51-40(30)39/h1-26H. The van der Waals surface area contributed by atoms with E-state index in [4.69, 9.17) is 19.9 Å². The van der Waals surface area contributed by atoms with Crippen molar-refractivity contribution in [2.45, 2.75) is 0 Å². The molecule has 0 bridgehead atoms. The van der Waals surface area contributed by atoms with Crippen LogP contribution in [0.25, 0.3) is 98.3 Å². The van der Waals surface area contributed by atoms with Crippen LogP contribution in [0.5, 0.6) is 0 Å². The highest BCUT2D eigenvalue weighted by Crippen LogP contribution is 2.43. The Morgan fingerprint density at radius 1 is 0.451 bits per heavy atom. The number of rotatable bonds is 4. The van der Waals surface area contributed by atoms with E-state index in [0.29, 0.717) is 17.6 Å². The quantitative estimate of drug-likeness (QED) is 0.187. The van der Waals surface area contributed by atoms with Crippen LogP contribution >= 0.6 is 11.3 Å². The molecule has 0 saturated carbocycles. The fourth-order valence-electron chi connectivity index (χ4n) is 7.65. The first-order valence-electron chi connectivity index (χ1n) is 16.9. The van der Waals surface area contributed by atoms with Gasteiger partial charge in [0.15, 0.2) is 11.6 Å². The summed E-state index contributed by atoms with van der Waals surface area (Å²) in [6, 6.07) is 52.8. The van der Waals surface area contributed by atoms with Crippen LogP contribution in [-0.2, 0) is 0 Å². The molecule has 0 saturated heterocycles. The lowest BCUT2D eigenvalue weighted by atomic mass is 10.1. The average molecular weight is 671 g/mol. The van der Waals surface area contributed by atoms with E-state index in [1.165, 1.54) is 30.9 Å². The Morgan fingerprint density at radius 2 is 1.14 bits per heavy atom. The van der Waals surface area contributed by atoms with Crippen LogP contribution in [0, 0.1) is 0 Å². The zero-order valence-corrected chi connectivity index (χ0v) is 27.9. The summed E-state index contributed by atoms with van der Waals surface area (Å²) in [5.41, 5.74) is 6.84. The zero-order valence-electron chi connectivity index (χ0n) is 27.1. The third-order valence-corrected chi connectivity index (χ3v) is 11.1. The lowest BCUT2D eigenvalue weighted by Crippen LogP contribution is -2.08. The van der Waals surface area contributed by atoms with Crippen molar-refractivity contribution in [1.82, 2.24) is 29.1 Å². The topological polar surface area (TPSA) is 61.4 Å². The first-order valence-corrected chi connectivity index (χ1v) is 17.7. The van der Waals surface area contributed by atoms with Crippen LogP contribution in [-0.4, -0.2) is 29.1 Å². The lowest BCUT2D eigenvalue weighted by molar-refractivity contribution is 0.951. The zero-order chi connectivity index (χ0) is 33.5. The minimum atomic E-state index is 0.570. The van der Waals surface area contributed by atoms with E-state index >= 15 is 0 Å². The SMILES string of the molecule is c1ccc(-c2nc(-c3ccccc3-n3c4ccccc4c4cccnc43)nc(-n3c4ccccc4c4c5sc6ccccc6c5ccc43)n2)cc1. The first-order chi connectivity index (χ1) is 25.3. The molecule has 0 unspecified atom stereocenters. The summed E-state index contributed by atoms with van der Waals surface area (Å²) < 4.78 is 6.98. The van der Waals surface area contributed by atoms with E-state index in [-0.39, 0.29) is 0 Å². The van der Waals surface area contributed by atoms with Crippen molar-refractivity contribution in [2.24, 2.45) is 0 Å². The van der Waals surface area contributed by atoms with Gasteiger partial charge in [0.2, 0.25) is 5.95 Å². The van der Waals surface area contributed by atoms with Gasteiger partial charge < -0.3 is 0 Å². The second-order valence-electron chi connectivity index (χ2n) is 12.7. The van der Waals surface area contributed by atoms with Crippen molar-refractivity contribution in [3.05, 3.63) is 158 Å². The maximum absolute atomic E-state index is 5.34. The molecule has 5 heterocycles. The van der Waals surface area contributed by atoms with Gasteiger partial charge in [0.05, 0.1) is 22.2 Å². The number of pyridine rings is 1. The molecule has 0 N–H and O–H groups in total. The van der Waals surface area contributed by atoms with Crippen LogP contribution in [0.2, 0.25) is 0 Å². The summed E-state index contributed by atoms with van der Waals surface area (Å²) >= 11 is 1.84. The summed E-state index contributed by atoms with van der Waals surface area (Å²) in [4.78, 5) is 20.6. The van der Waals surface area contributed by atoms with E-state index in [9.17, 15) is 0 Å². The van der Waals surface area contributed by atoms with Gasteiger partial charge in [0.25, 0.3) is 0 Å². The van der Waals surface area contributed by atoms with Crippen LogP contribution in [0.15, 0.2) is 158 Å².